The van der Waals surface area contributed by atoms with Crippen molar-refractivity contribution in [1.29, 1.82) is 0 Å². The maximum atomic E-state index is 12.7. The summed E-state index contributed by atoms with van der Waals surface area (Å²) in [5.74, 6) is 0. The molecule has 3 heteroatoms. The predicted molar refractivity (Wildman–Crippen MR) is 55.5 cm³/mol. The molecule has 0 amide bonds. The van der Waals surface area contributed by atoms with Gasteiger partial charge in [0.25, 0.3) is 0 Å². The summed E-state index contributed by atoms with van der Waals surface area (Å²) in [5, 5.41) is 0. The molecule has 82 valence electrons. The summed E-state index contributed by atoms with van der Waals surface area (Å²) in [4.78, 5) is 0. The van der Waals surface area contributed by atoms with Crippen molar-refractivity contribution in [3.05, 3.63) is 41.5 Å². The van der Waals surface area contributed by atoms with Crippen LogP contribution < -0.4 is 0 Å². The Balaban J connectivity index is 3.22. The lowest BCUT2D eigenvalue weighted by molar-refractivity contribution is -0.138. The summed E-state index contributed by atoms with van der Waals surface area (Å²) in [5.41, 5.74) is 0.319. The second kappa shape index (κ2) is 4.51. The molecule has 0 spiro atoms. The van der Waals surface area contributed by atoms with Crippen LogP contribution in [0.2, 0.25) is 0 Å². The Morgan fingerprint density at radius 3 is 2.47 bits per heavy atom. The topological polar surface area (TPSA) is 0 Å². The van der Waals surface area contributed by atoms with E-state index in [1.165, 1.54) is 12.1 Å². The van der Waals surface area contributed by atoms with Crippen molar-refractivity contribution in [2.45, 2.75) is 25.9 Å². The number of halogens is 3. The van der Waals surface area contributed by atoms with Gasteiger partial charge in [0.2, 0.25) is 0 Å². The van der Waals surface area contributed by atoms with Crippen LogP contribution in [0.15, 0.2) is 24.8 Å². The highest BCUT2D eigenvalue weighted by atomic mass is 19.4. The van der Waals surface area contributed by atoms with Crippen LogP contribution in [-0.4, -0.2) is 0 Å². The van der Waals surface area contributed by atoms with Gasteiger partial charge in [-0.2, -0.15) is 13.2 Å². The quantitative estimate of drug-likeness (QED) is 0.703. The van der Waals surface area contributed by atoms with Gasteiger partial charge in [0.1, 0.15) is 0 Å². The third kappa shape index (κ3) is 2.85. The molecular formula is C12H13F3. The van der Waals surface area contributed by atoms with Crippen molar-refractivity contribution in [2.24, 2.45) is 0 Å². The number of alkyl halides is 3. The van der Waals surface area contributed by atoms with E-state index in [-0.39, 0.29) is 0 Å². The molecule has 0 radical (unpaired) electrons. The standard InChI is InChI=1S/C12H13F3/c1-3-5-10-7-6-9(4-2)8-11(10)12(13,14)15/h4,6-8H,2-3,5H2,1H3. The first-order valence-corrected chi connectivity index (χ1v) is 4.81. The minimum Gasteiger partial charge on any atom is -0.166 e. The van der Waals surface area contributed by atoms with Crippen LogP contribution >= 0.6 is 0 Å². The molecule has 0 nitrogen and oxygen atoms in total. The molecule has 1 aromatic carbocycles. The van der Waals surface area contributed by atoms with Gasteiger partial charge in [0, 0.05) is 0 Å². The van der Waals surface area contributed by atoms with Gasteiger partial charge in [-0.1, -0.05) is 38.1 Å². The van der Waals surface area contributed by atoms with E-state index >= 15 is 0 Å². The molecule has 1 aromatic rings. The average Bonchev–Trinajstić information content (AvgIpc) is 2.17. The van der Waals surface area contributed by atoms with Crippen molar-refractivity contribution < 1.29 is 13.2 Å². The average molecular weight is 214 g/mol. The van der Waals surface area contributed by atoms with Gasteiger partial charge in [-0.05, 0) is 23.6 Å². The SMILES string of the molecule is C=Cc1ccc(CCC)c(C(F)(F)F)c1. The molecule has 1 rings (SSSR count). The van der Waals surface area contributed by atoms with Crippen molar-refractivity contribution in [3.63, 3.8) is 0 Å². The molecule has 15 heavy (non-hydrogen) atoms. The molecule has 0 fully saturated rings. The van der Waals surface area contributed by atoms with Crippen LogP contribution in [-0.2, 0) is 12.6 Å². The molecule has 0 unspecified atom stereocenters. The molecule has 0 atom stereocenters. The third-order valence-corrected chi connectivity index (χ3v) is 2.19. The van der Waals surface area contributed by atoms with E-state index in [0.717, 1.165) is 6.07 Å². The first-order valence-electron chi connectivity index (χ1n) is 4.81. The van der Waals surface area contributed by atoms with Crippen LogP contribution in [0.5, 0.6) is 0 Å². The monoisotopic (exact) mass is 214 g/mol. The van der Waals surface area contributed by atoms with E-state index in [9.17, 15) is 13.2 Å². The minimum absolute atomic E-state index is 0.357. The fourth-order valence-electron chi connectivity index (χ4n) is 1.47. The van der Waals surface area contributed by atoms with Gasteiger partial charge in [-0.15, -0.1) is 0 Å². The van der Waals surface area contributed by atoms with Crippen molar-refractivity contribution >= 4 is 6.08 Å². The first-order chi connectivity index (χ1) is 6.99. The summed E-state index contributed by atoms with van der Waals surface area (Å²) in [7, 11) is 0. The van der Waals surface area contributed by atoms with Gasteiger partial charge < -0.3 is 0 Å². The second-order valence-corrected chi connectivity index (χ2v) is 3.37. The molecule has 0 saturated heterocycles. The zero-order chi connectivity index (χ0) is 11.5. The summed E-state index contributed by atoms with van der Waals surface area (Å²) in [6, 6.07) is 4.34. The Kier molecular flexibility index (Phi) is 3.56. The van der Waals surface area contributed by atoms with Gasteiger partial charge in [0.05, 0.1) is 5.56 Å². The number of benzene rings is 1. The molecule has 0 aliphatic rings. The van der Waals surface area contributed by atoms with Gasteiger partial charge in [-0.3, -0.25) is 0 Å². The van der Waals surface area contributed by atoms with E-state index in [1.54, 1.807) is 6.07 Å². The molecule has 0 aliphatic carbocycles. The van der Waals surface area contributed by atoms with E-state index < -0.39 is 11.7 Å². The third-order valence-electron chi connectivity index (χ3n) is 2.19. The minimum atomic E-state index is -4.27. The fourth-order valence-corrected chi connectivity index (χ4v) is 1.47. The molecule has 0 N–H and O–H groups in total. The fraction of sp³-hybridized carbons (Fsp3) is 0.333. The van der Waals surface area contributed by atoms with E-state index in [4.69, 9.17) is 0 Å². The lowest BCUT2D eigenvalue weighted by atomic mass is 10.00. The lowest BCUT2D eigenvalue weighted by Crippen LogP contribution is -2.09. The molecule has 0 heterocycles. The predicted octanol–water partition coefficient (Wildman–Crippen LogP) is 4.30. The maximum Gasteiger partial charge on any atom is 0.416 e. The zero-order valence-electron chi connectivity index (χ0n) is 8.56. The van der Waals surface area contributed by atoms with E-state index in [2.05, 4.69) is 6.58 Å². The Hall–Kier alpha value is -1.25. The van der Waals surface area contributed by atoms with Crippen LogP contribution in [0.1, 0.15) is 30.0 Å². The van der Waals surface area contributed by atoms with Crippen molar-refractivity contribution in [1.82, 2.24) is 0 Å². The van der Waals surface area contributed by atoms with Crippen LogP contribution in [0.3, 0.4) is 0 Å². The summed E-state index contributed by atoms with van der Waals surface area (Å²) >= 11 is 0. The Morgan fingerprint density at radius 2 is 2.00 bits per heavy atom. The normalized spacial score (nSPS) is 11.5. The summed E-state index contributed by atoms with van der Waals surface area (Å²) in [6.07, 6.45) is -1.70. The van der Waals surface area contributed by atoms with Crippen LogP contribution in [0.4, 0.5) is 13.2 Å². The van der Waals surface area contributed by atoms with E-state index in [1.807, 2.05) is 6.92 Å². The zero-order valence-corrected chi connectivity index (χ0v) is 8.56. The van der Waals surface area contributed by atoms with Gasteiger partial charge in [0.15, 0.2) is 0 Å². The number of aryl methyl sites for hydroxylation is 1. The number of hydrogen-bond acceptors (Lipinski definition) is 0. The molecule has 0 saturated carbocycles. The Labute approximate surface area is 87.4 Å². The molecular weight excluding hydrogens is 201 g/mol. The lowest BCUT2D eigenvalue weighted by Gasteiger charge is -2.13. The highest BCUT2D eigenvalue weighted by Gasteiger charge is 2.32. The second-order valence-electron chi connectivity index (χ2n) is 3.37. The largest absolute Gasteiger partial charge is 0.416 e. The van der Waals surface area contributed by atoms with Crippen LogP contribution in [0.25, 0.3) is 6.08 Å². The number of hydrogen-bond donors (Lipinski definition) is 0. The van der Waals surface area contributed by atoms with E-state index in [0.29, 0.717) is 24.0 Å². The highest BCUT2D eigenvalue weighted by Crippen LogP contribution is 2.33. The molecule has 0 aliphatic heterocycles. The summed E-state index contributed by atoms with van der Waals surface area (Å²) < 4.78 is 38.0. The Bertz CT molecular complexity index is 350. The highest BCUT2D eigenvalue weighted by molar-refractivity contribution is 5.50. The number of rotatable bonds is 3. The maximum absolute atomic E-state index is 12.7. The van der Waals surface area contributed by atoms with Crippen molar-refractivity contribution in [2.75, 3.05) is 0 Å². The summed E-state index contributed by atoms with van der Waals surface area (Å²) in [6.45, 7) is 5.33. The van der Waals surface area contributed by atoms with Crippen molar-refractivity contribution in [3.8, 4) is 0 Å². The molecule has 0 aromatic heterocycles. The van der Waals surface area contributed by atoms with Gasteiger partial charge >= 0.3 is 6.18 Å². The molecule has 0 bridgehead atoms. The van der Waals surface area contributed by atoms with Gasteiger partial charge in [-0.25, -0.2) is 0 Å². The van der Waals surface area contributed by atoms with Crippen LogP contribution in [0, 0.1) is 0 Å². The smallest absolute Gasteiger partial charge is 0.166 e. The Morgan fingerprint density at radius 1 is 1.33 bits per heavy atom. The first kappa shape index (κ1) is 11.8.